The van der Waals surface area contributed by atoms with E-state index in [0.717, 1.165) is 20.6 Å². The Hall–Kier alpha value is -3.42. The van der Waals surface area contributed by atoms with Crippen LogP contribution < -0.4 is 9.74 Å². The normalized spacial score (nSPS) is 11.9. The maximum atomic E-state index is 12.6. The molecule has 0 fully saturated rings. The summed E-state index contributed by atoms with van der Waals surface area (Å²) in [6, 6.07) is 0. The zero-order chi connectivity index (χ0) is 19.7. The molecule has 3 aromatic rings. The molecule has 14 heteroatoms. The Morgan fingerprint density at radius 2 is 2.19 bits per heavy atom. The van der Waals surface area contributed by atoms with Crippen LogP contribution in [0.25, 0.3) is 0 Å². The number of carbonyl (C=O) groups excluding carboxylic acids is 1. The number of hydrogen-bond donors (Lipinski definition) is 1. The number of esters is 1. The van der Waals surface area contributed by atoms with Crippen molar-refractivity contribution in [1.29, 1.82) is 0 Å². The molecule has 0 aliphatic heterocycles. The second-order valence-corrected chi connectivity index (χ2v) is 6.37. The van der Waals surface area contributed by atoms with E-state index in [2.05, 4.69) is 25.4 Å². The molecule has 0 saturated heterocycles. The number of aromatic amines is 1. The molecule has 3 heterocycles. The van der Waals surface area contributed by atoms with E-state index in [4.69, 9.17) is 4.74 Å². The average molecular weight is 394 g/mol. The van der Waals surface area contributed by atoms with E-state index in [1.54, 1.807) is 6.92 Å². The molecule has 0 aromatic carbocycles. The molecular weight excluding hydrogens is 380 g/mol. The van der Waals surface area contributed by atoms with Crippen molar-refractivity contribution in [2.75, 3.05) is 6.61 Å². The van der Waals surface area contributed by atoms with Crippen LogP contribution in [0.3, 0.4) is 0 Å². The van der Waals surface area contributed by atoms with Crippen molar-refractivity contribution >= 4 is 34.2 Å². The highest BCUT2D eigenvalue weighted by Crippen LogP contribution is 2.20. The predicted molar refractivity (Wildman–Crippen MR) is 87.8 cm³/mol. The summed E-state index contributed by atoms with van der Waals surface area (Å²) in [5, 5.41) is 38.4. The van der Waals surface area contributed by atoms with Crippen LogP contribution in [0, 0.1) is 24.0 Å². The van der Waals surface area contributed by atoms with E-state index in [1.807, 2.05) is 0 Å². The fourth-order valence-electron chi connectivity index (χ4n) is 2.38. The van der Waals surface area contributed by atoms with Crippen LogP contribution in [0.2, 0.25) is 0 Å². The Labute approximate surface area is 155 Å². The molecule has 3 aromatic heterocycles. The third-order valence-electron chi connectivity index (χ3n) is 3.42. The molecule has 3 rings (SSSR count). The molecule has 0 aliphatic rings. The van der Waals surface area contributed by atoms with Gasteiger partial charge in [-0.25, -0.2) is 4.99 Å². The first-order valence-electron chi connectivity index (χ1n) is 7.70. The van der Waals surface area contributed by atoms with Crippen LogP contribution in [0.5, 0.6) is 0 Å². The van der Waals surface area contributed by atoms with Crippen LogP contribution in [-0.2, 0) is 16.0 Å². The molecule has 0 atom stereocenters. The summed E-state index contributed by atoms with van der Waals surface area (Å²) in [4.78, 5) is 25.9. The second-order valence-electron chi connectivity index (χ2n) is 5.33. The lowest BCUT2D eigenvalue weighted by molar-refractivity contribution is -0.683. The molecule has 0 radical (unpaired) electrons. The van der Waals surface area contributed by atoms with Gasteiger partial charge in [0.05, 0.1) is 18.9 Å². The summed E-state index contributed by atoms with van der Waals surface area (Å²) in [5.74, 6) is -1.45. The fraction of sp³-hybridized carbons (Fsp3) is 0.385. The summed E-state index contributed by atoms with van der Waals surface area (Å²) >= 11 is 0.972. The monoisotopic (exact) mass is 394 g/mol. The van der Waals surface area contributed by atoms with Gasteiger partial charge in [-0.2, -0.15) is 5.10 Å². The maximum Gasteiger partial charge on any atom is 0.436 e. The van der Waals surface area contributed by atoms with Crippen molar-refractivity contribution in [3.8, 4) is 0 Å². The smallest absolute Gasteiger partial charge is 0.436 e. The van der Waals surface area contributed by atoms with Gasteiger partial charge in [0, 0.05) is 11.6 Å². The number of hydrogen-bond acceptors (Lipinski definition) is 10. The number of aliphatic imine (C=N–C) groups is 1. The minimum absolute atomic E-state index is 0.0216. The van der Waals surface area contributed by atoms with Crippen LogP contribution >= 0.6 is 11.3 Å². The standard InChI is InChI=1S/C13H14N8O5S/c1-4-26-9(22)5-8-15-16-13(27-8)14-11(23)10-6(2)17-20-12(21(24)25)7(3)18-19(10)20/h4-5H2,1-3H3,(H-,14,16,17,18,23). The zero-order valence-electron chi connectivity index (χ0n) is 14.5. The first-order valence-corrected chi connectivity index (χ1v) is 8.52. The van der Waals surface area contributed by atoms with E-state index in [0.29, 0.717) is 5.01 Å². The van der Waals surface area contributed by atoms with Crippen molar-refractivity contribution in [3.63, 3.8) is 0 Å². The van der Waals surface area contributed by atoms with Gasteiger partial charge in [-0.1, -0.05) is 11.3 Å². The molecule has 0 saturated carbocycles. The SMILES string of the molecule is CCOC(=O)Cc1nnc(/N=C(\[O-])c2c(C)nn3c([N+](=O)[O-])c(C)[nH][n+]23)s1. The van der Waals surface area contributed by atoms with Gasteiger partial charge in [-0.3, -0.25) is 4.79 Å². The van der Waals surface area contributed by atoms with Crippen molar-refractivity contribution in [2.24, 2.45) is 4.99 Å². The highest BCUT2D eigenvalue weighted by Gasteiger charge is 2.34. The zero-order valence-corrected chi connectivity index (χ0v) is 15.3. The lowest BCUT2D eigenvalue weighted by Crippen LogP contribution is -2.39. The number of ether oxygens (including phenoxy) is 1. The Bertz CT molecular complexity index is 1060. The van der Waals surface area contributed by atoms with Gasteiger partial charge in [-0.15, -0.1) is 10.2 Å². The molecule has 0 amide bonds. The van der Waals surface area contributed by atoms with E-state index in [1.165, 1.54) is 13.8 Å². The minimum Gasteiger partial charge on any atom is -0.855 e. The molecule has 0 spiro atoms. The predicted octanol–water partition coefficient (Wildman–Crippen LogP) is -0.831. The highest BCUT2D eigenvalue weighted by atomic mass is 32.1. The van der Waals surface area contributed by atoms with E-state index < -0.39 is 16.8 Å². The Balaban J connectivity index is 1.94. The number of nitrogens with zero attached hydrogens (tertiary/aromatic N) is 7. The largest absolute Gasteiger partial charge is 0.855 e. The minimum atomic E-state index is -0.706. The maximum absolute atomic E-state index is 12.6. The summed E-state index contributed by atoms with van der Waals surface area (Å²) in [5.41, 5.74) is 0.502. The number of nitro groups is 1. The average Bonchev–Trinajstić information content (AvgIpc) is 3.20. The van der Waals surface area contributed by atoms with Crippen molar-refractivity contribution in [2.45, 2.75) is 27.2 Å². The first kappa shape index (κ1) is 18.4. The molecule has 0 unspecified atom stereocenters. The highest BCUT2D eigenvalue weighted by molar-refractivity contribution is 7.15. The van der Waals surface area contributed by atoms with Crippen LogP contribution in [0.4, 0.5) is 10.9 Å². The van der Waals surface area contributed by atoms with E-state index >= 15 is 0 Å². The first-order chi connectivity index (χ1) is 12.8. The molecule has 27 heavy (non-hydrogen) atoms. The Morgan fingerprint density at radius 1 is 1.44 bits per heavy atom. The van der Waals surface area contributed by atoms with Gasteiger partial charge >= 0.3 is 11.8 Å². The summed E-state index contributed by atoms with van der Waals surface area (Å²) in [6.45, 7) is 4.97. The third kappa shape index (κ3) is 3.46. The second kappa shape index (κ2) is 7.06. The number of H-pyrrole nitrogens is 1. The van der Waals surface area contributed by atoms with Crippen molar-refractivity contribution in [3.05, 3.63) is 32.2 Å². The van der Waals surface area contributed by atoms with Crippen LogP contribution in [0.1, 0.15) is 29.0 Å². The van der Waals surface area contributed by atoms with Crippen molar-refractivity contribution < 1.29 is 24.2 Å². The summed E-state index contributed by atoms with van der Waals surface area (Å²) in [6.07, 6.45) is -0.0664. The van der Waals surface area contributed by atoms with Crippen LogP contribution in [-0.4, -0.2) is 48.4 Å². The summed E-state index contributed by atoms with van der Waals surface area (Å²) < 4.78 is 6.95. The molecular formula is C13H14N8O5S. The van der Waals surface area contributed by atoms with Gasteiger partial charge < -0.3 is 20.0 Å². The Kier molecular flexibility index (Phi) is 4.81. The van der Waals surface area contributed by atoms with Gasteiger partial charge in [0.15, 0.2) is 10.3 Å². The lowest BCUT2D eigenvalue weighted by Gasteiger charge is -2.01. The topological polar surface area (TPSA) is 168 Å². The van der Waals surface area contributed by atoms with Gasteiger partial charge in [0.1, 0.15) is 10.1 Å². The number of fused-ring (bicyclic) bond motifs is 1. The van der Waals surface area contributed by atoms with Gasteiger partial charge in [0.25, 0.3) is 11.4 Å². The molecule has 0 bridgehead atoms. The number of aryl methyl sites for hydroxylation is 2. The molecule has 142 valence electrons. The van der Waals surface area contributed by atoms with Gasteiger partial charge in [0.2, 0.25) is 5.13 Å². The lowest BCUT2D eigenvalue weighted by atomic mass is 10.3. The third-order valence-corrected chi connectivity index (χ3v) is 4.23. The van der Waals surface area contributed by atoms with Crippen molar-refractivity contribution in [1.82, 2.24) is 25.0 Å². The Morgan fingerprint density at radius 3 is 2.85 bits per heavy atom. The quantitative estimate of drug-likeness (QED) is 0.141. The van der Waals surface area contributed by atoms with E-state index in [-0.39, 0.29) is 41.1 Å². The van der Waals surface area contributed by atoms with Gasteiger partial charge in [-0.05, 0) is 18.8 Å². The molecule has 1 N–H and O–H groups in total. The number of carbonyl (C=O) groups is 1. The molecule has 0 aliphatic carbocycles. The number of aromatic nitrogens is 6. The number of nitrogens with one attached hydrogen (secondary N) is 1. The van der Waals surface area contributed by atoms with E-state index in [9.17, 15) is 20.0 Å². The fourth-order valence-corrected chi connectivity index (χ4v) is 3.07. The molecule has 13 nitrogen and oxygen atoms in total. The van der Waals surface area contributed by atoms with Crippen LogP contribution in [0.15, 0.2) is 4.99 Å². The number of rotatable bonds is 6. The summed E-state index contributed by atoms with van der Waals surface area (Å²) in [7, 11) is 0.